The maximum absolute atomic E-state index is 4.89. The van der Waals surface area contributed by atoms with Crippen molar-refractivity contribution in [3.05, 3.63) is 35.9 Å². The number of hydrogen-bond donors (Lipinski definition) is 1. The van der Waals surface area contributed by atoms with Crippen molar-refractivity contribution in [1.29, 1.82) is 0 Å². The highest BCUT2D eigenvalue weighted by molar-refractivity contribution is 5.81. The molecule has 20 heavy (non-hydrogen) atoms. The van der Waals surface area contributed by atoms with Gasteiger partial charge in [0.2, 0.25) is 0 Å². The molecule has 0 radical (unpaired) electrons. The number of pyridine rings is 1. The predicted octanol–water partition coefficient (Wildman–Crippen LogP) is 3.12. The molecule has 1 atom stereocenters. The monoisotopic (exact) mass is 269 g/mol. The number of para-hydroxylation sites is 1. The Morgan fingerprint density at radius 2 is 2.05 bits per heavy atom. The number of aromatic nitrogens is 1. The zero-order valence-electron chi connectivity index (χ0n) is 12.4. The smallest absolute Gasteiger partial charge is 0.132 e. The van der Waals surface area contributed by atoms with E-state index < -0.39 is 0 Å². The van der Waals surface area contributed by atoms with Crippen LogP contribution in [-0.2, 0) is 0 Å². The molecule has 1 aromatic carbocycles. The number of nitrogens with zero attached hydrogens (tertiary/aromatic N) is 2. The average molecular weight is 269 g/mol. The molecule has 1 aliphatic heterocycles. The molecule has 0 bridgehead atoms. The molecular formula is C17H23N3. The van der Waals surface area contributed by atoms with Crippen LogP contribution in [0.1, 0.15) is 24.8 Å². The van der Waals surface area contributed by atoms with Crippen LogP contribution in [0, 0.1) is 6.92 Å². The molecule has 0 amide bonds. The molecule has 1 unspecified atom stereocenters. The minimum Gasteiger partial charge on any atom is -0.356 e. The summed E-state index contributed by atoms with van der Waals surface area (Å²) in [5.74, 6) is 1.13. The van der Waals surface area contributed by atoms with Crippen LogP contribution in [0.5, 0.6) is 0 Å². The highest BCUT2D eigenvalue weighted by atomic mass is 15.2. The lowest BCUT2D eigenvalue weighted by molar-refractivity contribution is 0.562. The van der Waals surface area contributed by atoms with Crippen LogP contribution in [0.3, 0.4) is 0 Å². The number of anilines is 1. The number of aryl methyl sites for hydroxylation is 1. The minimum absolute atomic E-state index is 0.595. The van der Waals surface area contributed by atoms with E-state index >= 15 is 0 Å². The van der Waals surface area contributed by atoms with Gasteiger partial charge >= 0.3 is 0 Å². The highest BCUT2D eigenvalue weighted by Gasteiger charge is 2.19. The zero-order chi connectivity index (χ0) is 13.9. The van der Waals surface area contributed by atoms with E-state index in [1.54, 1.807) is 0 Å². The van der Waals surface area contributed by atoms with Gasteiger partial charge in [0, 0.05) is 18.5 Å². The van der Waals surface area contributed by atoms with Gasteiger partial charge in [-0.1, -0.05) is 18.2 Å². The fraction of sp³-hybridized carbons (Fsp3) is 0.471. The van der Waals surface area contributed by atoms with E-state index in [4.69, 9.17) is 4.98 Å². The molecule has 3 rings (SSSR count). The highest BCUT2D eigenvalue weighted by Crippen LogP contribution is 2.25. The Kier molecular flexibility index (Phi) is 3.88. The summed E-state index contributed by atoms with van der Waals surface area (Å²) < 4.78 is 0. The Hall–Kier alpha value is -1.61. The van der Waals surface area contributed by atoms with Crippen LogP contribution in [0.25, 0.3) is 10.9 Å². The van der Waals surface area contributed by atoms with Crippen molar-refractivity contribution in [3.8, 4) is 0 Å². The van der Waals surface area contributed by atoms with Crippen LogP contribution in [0.15, 0.2) is 30.3 Å². The molecule has 0 spiro atoms. The summed E-state index contributed by atoms with van der Waals surface area (Å²) in [6, 6.07) is 11.2. The molecule has 1 saturated heterocycles. The number of rotatable bonds is 2. The first-order valence-corrected chi connectivity index (χ1v) is 7.55. The Labute approximate surface area is 121 Å². The summed E-state index contributed by atoms with van der Waals surface area (Å²) in [7, 11) is 2.19. The predicted molar refractivity (Wildman–Crippen MR) is 85.4 cm³/mol. The topological polar surface area (TPSA) is 28.2 Å². The summed E-state index contributed by atoms with van der Waals surface area (Å²) in [6.45, 7) is 4.43. The van der Waals surface area contributed by atoms with Gasteiger partial charge in [0.15, 0.2) is 0 Å². The van der Waals surface area contributed by atoms with Gasteiger partial charge in [-0.2, -0.15) is 0 Å². The Balaban J connectivity index is 1.93. The number of fused-ring (bicyclic) bond motifs is 1. The van der Waals surface area contributed by atoms with Crippen molar-refractivity contribution in [2.75, 3.05) is 25.0 Å². The number of benzene rings is 1. The van der Waals surface area contributed by atoms with Crippen molar-refractivity contribution in [2.24, 2.45) is 0 Å². The quantitative estimate of drug-likeness (QED) is 0.908. The molecular weight excluding hydrogens is 246 g/mol. The summed E-state index contributed by atoms with van der Waals surface area (Å²) in [5, 5.41) is 4.71. The van der Waals surface area contributed by atoms with Gasteiger partial charge in [0.25, 0.3) is 0 Å². The molecule has 2 heterocycles. The van der Waals surface area contributed by atoms with Crippen molar-refractivity contribution < 1.29 is 0 Å². The Morgan fingerprint density at radius 1 is 1.20 bits per heavy atom. The van der Waals surface area contributed by atoms with Gasteiger partial charge in [0.1, 0.15) is 5.82 Å². The molecule has 1 aliphatic rings. The first-order valence-electron chi connectivity index (χ1n) is 7.55. The van der Waals surface area contributed by atoms with Crippen LogP contribution in [-0.4, -0.2) is 31.2 Å². The first kappa shape index (κ1) is 13.4. The third kappa shape index (κ3) is 2.63. The fourth-order valence-corrected chi connectivity index (χ4v) is 3.13. The summed E-state index contributed by atoms with van der Waals surface area (Å²) in [5.41, 5.74) is 2.36. The SMILES string of the molecule is Cc1cc2ccccc2nc1N(C)C1CCCNCC1. The lowest BCUT2D eigenvalue weighted by Gasteiger charge is -2.29. The summed E-state index contributed by atoms with van der Waals surface area (Å²) in [6.07, 6.45) is 3.70. The zero-order valence-corrected chi connectivity index (χ0v) is 12.4. The van der Waals surface area contributed by atoms with E-state index in [1.807, 2.05) is 0 Å². The first-order chi connectivity index (χ1) is 9.75. The normalized spacial score (nSPS) is 19.8. The molecule has 0 aliphatic carbocycles. The molecule has 3 nitrogen and oxygen atoms in total. The summed E-state index contributed by atoms with van der Waals surface area (Å²) in [4.78, 5) is 7.27. The van der Waals surface area contributed by atoms with Gasteiger partial charge in [-0.25, -0.2) is 4.98 Å². The maximum Gasteiger partial charge on any atom is 0.132 e. The van der Waals surface area contributed by atoms with E-state index in [0.717, 1.165) is 24.4 Å². The van der Waals surface area contributed by atoms with Crippen LogP contribution < -0.4 is 10.2 Å². The van der Waals surface area contributed by atoms with Crippen LogP contribution >= 0.6 is 0 Å². The second-order valence-electron chi connectivity index (χ2n) is 5.77. The molecule has 1 fully saturated rings. The van der Waals surface area contributed by atoms with Crippen LogP contribution in [0.4, 0.5) is 5.82 Å². The summed E-state index contributed by atoms with van der Waals surface area (Å²) >= 11 is 0. The molecule has 1 N–H and O–H groups in total. The molecule has 1 aromatic heterocycles. The molecule has 106 valence electrons. The van der Waals surface area contributed by atoms with Gasteiger partial charge in [0.05, 0.1) is 5.52 Å². The van der Waals surface area contributed by atoms with Gasteiger partial charge < -0.3 is 10.2 Å². The van der Waals surface area contributed by atoms with E-state index in [2.05, 4.69) is 54.5 Å². The average Bonchev–Trinajstić information content (AvgIpc) is 2.75. The maximum atomic E-state index is 4.89. The van der Waals surface area contributed by atoms with Crippen molar-refractivity contribution in [2.45, 2.75) is 32.2 Å². The fourth-order valence-electron chi connectivity index (χ4n) is 3.13. The second-order valence-corrected chi connectivity index (χ2v) is 5.77. The van der Waals surface area contributed by atoms with E-state index in [9.17, 15) is 0 Å². The number of hydrogen-bond acceptors (Lipinski definition) is 3. The minimum atomic E-state index is 0.595. The van der Waals surface area contributed by atoms with Crippen molar-refractivity contribution in [3.63, 3.8) is 0 Å². The third-order valence-corrected chi connectivity index (χ3v) is 4.31. The van der Waals surface area contributed by atoms with Gasteiger partial charge in [-0.3, -0.25) is 0 Å². The largest absolute Gasteiger partial charge is 0.356 e. The van der Waals surface area contributed by atoms with E-state index in [1.165, 1.54) is 30.2 Å². The molecule has 0 saturated carbocycles. The lowest BCUT2D eigenvalue weighted by Crippen LogP contribution is -2.33. The third-order valence-electron chi connectivity index (χ3n) is 4.31. The van der Waals surface area contributed by atoms with E-state index in [0.29, 0.717) is 6.04 Å². The van der Waals surface area contributed by atoms with Gasteiger partial charge in [-0.15, -0.1) is 0 Å². The second kappa shape index (κ2) is 5.80. The Bertz CT molecular complexity index is 586. The van der Waals surface area contributed by atoms with Gasteiger partial charge in [-0.05, 0) is 57.0 Å². The van der Waals surface area contributed by atoms with E-state index in [-0.39, 0.29) is 0 Å². The standard InChI is InChI=1S/C17H23N3/c1-13-12-14-6-3-4-8-16(14)19-17(13)20(2)15-7-5-10-18-11-9-15/h3-4,6,8,12,15,18H,5,7,9-11H2,1-2H3. The molecule has 2 aromatic rings. The number of nitrogens with one attached hydrogen (secondary N) is 1. The Morgan fingerprint density at radius 3 is 2.95 bits per heavy atom. The van der Waals surface area contributed by atoms with Crippen molar-refractivity contribution in [1.82, 2.24) is 10.3 Å². The van der Waals surface area contributed by atoms with Crippen LogP contribution in [0.2, 0.25) is 0 Å². The molecule has 3 heteroatoms. The lowest BCUT2D eigenvalue weighted by atomic mass is 10.1. The van der Waals surface area contributed by atoms with Crippen molar-refractivity contribution >= 4 is 16.7 Å².